The van der Waals surface area contributed by atoms with Gasteiger partial charge in [-0.25, -0.2) is 0 Å². The van der Waals surface area contributed by atoms with Gasteiger partial charge >= 0.3 is 6.18 Å². The Morgan fingerprint density at radius 2 is 1.93 bits per heavy atom. The second-order valence-electron chi connectivity index (χ2n) is 5.97. The topological polar surface area (TPSA) is 60.7 Å². The van der Waals surface area contributed by atoms with Gasteiger partial charge in [-0.3, -0.25) is 4.79 Å². The molecule has 0 unspecified atom stereocenters. The first-order chi connectivity index (χ1) is 13.4. The number of para-hydroxylation sites is 1. The standard InChI is InChI=1S/C20H18F3NO4/c1-26-12-16-15-7-2-3-8-17(15)28-18(16)19(25)24-9-10-27-14-6-4-5-13(11-14)20(21,22)23/h2-8,11H,9-10,12H2,1H3,(H,24,25). The van der Waals surface area contributed by atoms with Gasteiger partial charge in [-0.1, -0.05) is 24.3 Å². The minimum absolute atomic E-state index is 0.00684. The molecule has 1 aromatic heterocycles. The molecule has 0 aliphatic heterocycles. The Morgan fingerprint density at radius 3 is 2.68 bits per heavy atom. The zero-order valence-electron chi connectivity index (χ0n) is 15.0. The Morgan fingerprint density at radius 1 is 1.14 bits per heavy atom. The summed E-state index contributed by atoms with van der Waals surface area (Å²) in [4.78, 5) is 12.4. The molecule has 3 aromatic rings. The summed E-state index contributed by atoms with van der Waals surface area (Å²) in [5, 5.41) is 3.43. The summed E-state index contributed by atoms with van der Waals surface area (Å²) in [6.07, 6.45) is -4.44. The third-order valence-corrected chi connectivity index (χ3v) is 4.01. The molecule has 1 heterocycles. The third kappa shape index (κ3) is 4.45. The SMILES string of the molecule is COCc1c(C(=O)NCCOc2cccc(C(F)(F)F)c2)oc2ccccc12. The Balaban J connectivity index is 1.61. The summed E-state index contributed by atoms with van der Waals surface area (Å²) < 4.78 is 54.2. The smallest absolute Gasteiger partial charge is 0.416 e. The van der Waals surface area contributed by atoms with Crippen molar-refractivity contribution in [1.82, 2.24) is 5.32 Å². The summed E-state index contributed by atoms with van der Waals surface area (Å²) in [6, 6.07) is 11.8. The van der Waals surface area contributed by atoms with E-state index in [1.165, 1.54) is 19.2 Å². The Kier molecular flexibility index (Phi) is 5.89. The number of methoxy groups -OCH3 is 1. The van der Waals surface area contributed by atoms with Gasteiger partial charge in [-0.05, 0) is 24.3 Å². The molecule has 148 valence electrons. The van der Waals surface area contributed by atoms with Crippen molar-refractivity contribution in [3.05, 3.63) is 65.4 Å². The molecule has 28 heavy (non-hydrogen) atoms. The number of nitrogens with one attached hydrogen (secondary N) is 1. The van der Waals surface area contributed by atoms with Gasteiger partial charge in [0, 0.05) is 18.1 Å². The average Bonchev–Trinajstić information content (AvgIpc) is 3.04. The molecule has 1 amide bonds. The van der Waals surface area contributed by atoms with Crippen molar-refractivity contribution in [2.45, 2.75) is 12.8 Å². The predicted molar refractivity (Wildman–Crippen MR) is 96.2 cm³/mol. The first-order valence-electron chi connectivity index (χ1n) is 8.47. The van der Waals surface area contributed by atoms with E-state index in [-0.39, 0.29) is 31.3 Å². The predicted octanol–water partition coefficient (Wildman–Crippen LogP) is 4.41. The molecule has 0 bridgehead atoms. The van der Waals surface area contributed by atoms with Gasteiger partial charge in [-0.2, -0.15) is 13.2 Å². The summed E-state index contributed by atoms with van der Waals surface area (Å²) in [6.45, 7) is 0.311. The first kappa shape index (κ1) is 19.8. The van der Waals surface area contributed by atoms with Crippen LogP contribution in [0.15, 0.2) is 52.9 Å². The number of ether oxygens (including phenoxy) is 2. The van der Waals surface area contributed by atoms with Crippen molar-refractivity contribution >= 4 is 16.9 Å². The summed E-state index contributed by atoms with van der Waals surface area (Å²) in [5.41, 5.74) is 0.412. The summed E-state index contributed by atoms with van der Waals surface area (Å²) in [5.74, 6) is -0.231. The minimum Gasteiger partial charge on any atom is -0.492 e. The van der Waals surface area contributed by atoms with Crippen LogP contribution in [-0.4, -0.2) is 26.2 Å². The van der Waals surface area contributed by atoms with Crippen LogP contribution in [0.1, 0.15) is 21.7 Å². The van der Waals surface area contributed by atoms with E-state index in [4.69, 9.17) is 13.9 Å². The van der Waals surface area contributed by atoms with Crippen molar-refractivity contribution in [2.24, 2.45) is 0 Å². The molecule has 0 saturated carbocycles. The summed E-state index contributed by atoms with van der Waals surface area (Å²) >= 11 is 0. The number of halogens is 3. The molecule has 0 spiro atoms. The normalized spacial score (nSPS) is 11.6. The lowest BCUT2D eigenvalue weighted by Crippen LogP contribution is -2.28. The number of hydrogen-bond donors (Lipinski definition) is 1. The van der Waals surface area contributed by atoms with Crippen LogP contribution < -0.4 is 10.1 Å². The van der Waals surface area contributed by atoms with Crippen LogP contribution in [0.3, 0.4) is 0 Å². The van der Waals surface area contributed by atoms with Crippen LogP contribution in [0.25, 0.3) is 11.0 Å². The molecular formula is C20H18F3NO4. The van der Waals surface area contributed by atoms with Gasteiger partial charge in [0.25, 0.3) is 5.91 Å². The third-order valence-electron chi connectivity index (χ3n) is 4.01. The number of fused-ring (bicyclic) bond motifs is 1. The van der Waals surface area contributed by atoms with Gasteiger partial charge in [0.1, 0.15) is 17.9 Å². The number of carbonyl (C=O) groups is 1. The zero-order valence-corrected chi connectivity index (χ0v) is 15.0. The molecule has 8 heteroatoms. The molecule has 1 N–H and O–H groups in total. The lowest BCUT2D eigenvalue weighted by molar-refractivity contribution is -0.137. The van der Waals surface area contributed by atoms with Crippen molar-refractivity contribution < 1.29 is 31.9 Å². The number of carbonyl (C=O) groups excluding carboxylic acids is 1. The molecule has 3 rings (SSSR count). The first-order valence-corrected chi connectivity index (χ1v) is 8.47. The number of furan rings is 1. The molecule has 0 fully saturated rings. The Labute approximate surface area is 159 Å². The van der Waals surface area contributed by atoms with Crippen LogP contribution in [0.4, 0.5) is 13.2 Å². The van der Waals surface area contributed by atoms with E-state index in [0.717, 1.165) is 17.5 Å². The molecule has 5 nitrogen and oxygen atoms in total. The Hall–Kier alpha value is -3.00. The number of alkyl halides is 3. The van der Waals surface area contributed by atoms with E-state index in [1.807, 2.05) is 12.1 Å². The Bertz CT molecular complexity index is 965. The zero-order chi connectivity index (χ0) is 20.1. The fourth-order valence-corrected chi connectivity index (χ4v) is 2.75. The van der Waals surface area contributed by atoms with Crippen molar-refractivity contribution in [1.29, 1.82) is 0 Å². The molecular weight excluding hydrogens is 375 g/mol. The van der Waals surface area contributed by atoms with Crippen LogP contribution >= 0.6 is 0 Å². The minimum atomic E-state index is -4.44. The van der Waals surface area contributed by atoms with Crippen molar-refractivity contribution in [2.75, 3.05) is 20.3 Å². The fourth-order valence-electron chi connectivity index (χ4n) is 2.75. The van der Waals surface area contributed by atoms with Crippen molar-refractivity contribution in [3.63, 3.8) is 0 Å². The van der Waals surface area contributed by atoms with E-state index >= 15 is 0 Å². The maximum absolute atomic E-state index is 12.7. The van der Waals surface area contributed by atoms with Crippen LogP contribution in [0.2, 0.25) is 0 Å². The molecule has 0 aliphatic rings. The summed E-state index contributed by atoms with van der Waals surface area (Å²) in [7, 11) is 1.52. The number of benzene rings is 2. The van der Waals surface area contributed by atoms with E-state index in [2.05, 4.69) is 5.32 Å². The van der Waals surface area contributed by atoms with E-state index < -0.39 is 17.6 Å². The van der Waals surface area contributed by atoms with Gasteiger partial charge in [-0.15, -0.1) is 0 Å². The van der Waals surface area contributed by atoms with E-state index in [0.29, 0.717) is 11.1 Å². The number of amides is 1. The number of hydrogen-bond acceptors (Lipinski definition) is 4. The molecule has 0 saturated heterocycles. The van der Waals surface area contributed by atoms with Gasteiger partial charge in [0.15, 0.2) is 5.76 Å². The lowest BCUT2D eigenvalue weighted by atomic mass is 10.1. The largest absolute Gasteiger partial charge is 0.492 e. The van der Waals surface area contributed by atoms with Crippen LogP contribution in [0.5, 0.6) is 5.75 Å². The second kappa shape index (κ2) is 8.35. The monoisotopic (exact) mass is 393 g/mol. The molecule has 0 aliphatic carbocycles. The van der Waals surface area contributed by atoms with E-state index in [9.17, 15) is 18.0 Å². The van der Waals surface area contributed by atoms with Gasteiger partial charge in [0.05, 0.1) is 18.7 Å². The fraction of sp³-hybridized carbons (Fsp3) is 0.250. The van der Waals surface area contributed by atoms with Crippen LogP contribution in [0, 0.1) is 0 Å². The van der Waals surface area contributed by atoms with Crippen LogP contribution in [-0.2, 0) is 17.5 Å². The lowest BCUT2D eigenvalue weighted by Gasteiger charge is -2.10. The molecule has 0 radical (unpaired) electrons. The molecule has 2 aromatic carbocycles. The van der Waals surface area contributed by atoms with Crippen molar-refractivity contribution in [3.8, 4) is 5.75 Å². The molecule has 0 atom stereocenters. The highest BCUT2D eigenvalue weighted by Gasteiger charge is 2.30. The van der Waals surface area contributed by atoms with Gasteiger partial charge < -0.3 is 19.2 Å². The quantitative estimate of drug-likeness (QED) is 0.604. The highest BCUT2D eigenvalue weighted by molar-refractivity contribution is 5.99. The second-order valence-corrected chi connectivity index (χ2v) is 5.97. The average molecular weight is 393 g/mol. The van der Waals surface area contributed by atoms with E-state index in [1.54, 1.807) is 12.1 Å². The maximum atomic E-state index is 12.7. The number of rotatable bonds is 7. The van der Waals surface area contributed by atoms with Gasteiger partial charge in [0.2, 0.25) is 0 Å². The highest BCUT2D eigenvalue weighted by atomic mass is 19.4. The maximum Gasteiger partial charge on any atom is 0.416 e. The highest BCUT2D eigenvalue weighted by Crippen LogP contribution is 2.31.